The Morgan fingerprint density at radius 1 is 1.00 bits per heavy atom. The van der Waals surface area contributed by atoms with Gasteiger partial charge in [-0.2, -0.15) is 4.72 Å². The van der Waals surface area contributed by atoms with Crippen LogP contribution in [0.25, 0.3) is 0 Å². The van der Waals surface area contributed by atoms with Crippen molar-refractivity contribution in [2.75, 3.05) is 0 Å². The van der Waals surface area contributed by atoms with E-state index >= 15 is 0 Å². The SMILES string of the molecule is O=C(O)C(CCc1ccccc1)NS(=O)(=O)c1ccccc1. The Morgan fingerprint density at radius 3 is 2.09 bits per heavy atom. The summed E-state index contributed by atoms with van der Waals surface area (Å²) < 4.78 is 26.6. The molecule has 2 aromatic carbocycles. The molecule has 0 aliphatic rings. The van der Waals surface area contributed by atoms with Gasteiger partial charge in [0.05, 0.1) is 4.90 Å². The van der Waals surface area contributed by atoms with Gasteiger partial charge in [0.1, 0.15) is 6.04 Å². The van der Waals surface area contributed by atoms with Crippen LogP contribution in [0.3, 0.4) is 0 Å². The van der Waals surface area contributed by atoms with Crippen LogP contribution in [-0.4, -0.2) is 25.5 Å². The van der Waals surface area contributed by atoms with Gasteiger partial charge in [-0.1, -0.05) is 48.5 Å². The van der Waals surface area contributed by atoms with Crippen LogP contribution in [0, 0.1) is 0 Å². The van der Waals surface area contributed by atoms with Crippen LogP contribution in [0.15, 0.2) is 65.6 Å². The van der Waals surface area contributed by atoms with Gasteiger partial charge in [0.15, 0.2) is 0 Å². The van der Waals surface area contributed by atoms with Gasteiger partial charge in [-0.15, -0.1) is 0 Å². The molecule has 0 saturated carbocycles. The van der Waals surface area contributed by atoms with Gasteiger partial charge >= 0.3 is 5.97 Å². The molecule has 0 saturated heterocycles. The summed E-state index contributed by atoms with van der Waals surface area (Å²) in [6.45, 7) is 0. The summed E-state index contributed by atoms with van der Waals surface area (Å²) in [5, 5.41) is 9.23. The zero-order valence-corrected chi connectivity index (χ0v) is 12.7. The second kappa shape index (κ2) is 7.20. The van der Waals surface area contributed by atoms with E-state index < -0.39 is 22.0 Å². The van der Waals surface area contributed by atoms with Gasteiger partial charge in [-0.3, -0.25) is 4.79 Å². The lowest BCUT2D eigenvalue weighted by Crippen LogP contribution is -2.41. The number of carbonyl (C=O) groups is 1. The second-order valence-electron chi connectivity index (χ2n) is 4.85. The van der Waals surface area contributed by atoms with Crippen molar-refractivity contribution >= 4 is 16.0 Å². The Balaban J connectivity index is 2.07. The van der Waals surface area contributed by atoms with Crippen LogP contribution >= 0.6 is 0 Å². The second-order valence-corrected chi connectivity index (χ2v) is 6.56. The monoisotopic (exact) mass is 319 g/mol. The fourth-order valence-electron chi connectivity index (χ4n) is 2.04. The highest BCUT2D eigenvalue weighted by Crippen LogP contribution is 2.11. The maximum absolute atomic E-state index is 12.2. The van der Waals surface area contributed by atoms with Crippen LogP contribution in [0.5, 0.6) is 0 Å². The van der Waals surface area contributed by atoms with Crippen LogP contribution in [0.2, 0.25) is 0 Å². The third kappa shape index (κ3) is 4.41. The lowest BCUT2D eigenvalue weighted by Gasteiger charge is -2.14. The quantitative estimate of drug-likeness (QED) is 0.818. The maximum Gasteiger partial charge on any atom is 0.321 e. The van der Waals surface area contributed by atoms with E-state index in [4.69, 9.17) is 0 Å². The summed E-state index contributed by atoms with van der Waals surface area (Å²) >= 11 is 0. The van der Waals surface area contributed by atoms with E-state index in [1.165, 1.54) is 12.1 Å². The smallest absolute Gasteiger partial charge is 0.321 e. The van der Waals surface area contributed by atoms with Gasteiger partial charge in [0.25, 0.3) is 0 Å². The number of aryl methyl sites for hydroxylation is 1. The van der Waals surface area contributed by atoms with Crippen molar-refractivity contribution in [2.24, 2.45) is 0 Å². The van der Waals surface area contributed by atoms with Gasteiger partial charge in [0.2, 0.25) is 10.0 Å². The molecule has 0 aliphatic carbocycles. The molecule has 5 nitrogen and oxygen atoms in total. The lowest BCUT2D eigenvalue weighted by molar-refractivity contribution is -0.139. The summed E-state index contributed by atoms with van der Waals surface area (Å²) in [4.78, 5) is 11.4. The summed E-state index contributed by atoms with van der Waals surface area (Å²) in [6.07, 6.45) is 0.667. The number of aliphatic carboxylic acids is 1. The molecule has 0 heterocycles. The number of carboxylic acid groups (broad SMARTS) is 1. The Hall–Kier alpha value is -2.18. The van der Waals surface area contributed by atoms with Crippen molar-refractivity contribution in [3.05, 3.63) is 66.2 Å². The van der Waals surface area contributed by atoms with Crippen LogP contribution in [0.4, 0.5) is 0 Å². The summed E-state index contributed by atoms with van der Waals surface area (Å²) in [5.74, 6) is -1.18. The molecule has 0 fully saturated rings. The van der Waals surface area contributed by atoms with Crippen LogP contribution in [0.1, 0.15) is 12.0 Å². The highest BCUT2D eigenvalue weighted by atomic mass is 32.2. The minimum atomic E-state index is -3.84. The van der Waals surface area contributed by atoms with Gasteiger partial charge < -0.3 is 5.11 Å². The molecule has 0 aromatic heterocycles. The number of hydrogen-bond acceptors (Lipinski definition) is 3. The standard InChI is InChI=1S/C16H17NO4S/c18-16(19)15(12-11-13-7-3-1-4-8-13)17-22(20,21)14-9-5-2-6-10-14/h1-10,15,17H,11-12H2,(H,18,19). The molecule has 1 unspecified atom stereocenters. The number of nitrogens with one attached hydrogen (secondary N) is 1. The normalized spacial score (nSPS) is 12.7. The first-order valence-electron chi connectivity index (χ1n) is 6.83. The molecular formula is C16H17NO4S. The third-order valence-corrected chi connectivity index (χ3v) is 4.70. The molecule has 0 spiro atoms. The third-order valence-electron chi connectivity index (χ3n) is 3.21. The van der Waals surface area contributed by atoms with E-state index in [-0.39, 0.29) is 11.3 Å². The van der Waals surface area contributed by atoms with Crippen molar-refractivity contribution in [3.63, 3.8) is 0 Å². The average molecular weight is 319 g/mol. The number of benzene rings is 2. The van der Waals surface area contributed by atoms with Crippen molar-refractivity contribution in [2.45, 2.75) is 23.8 Å². The van der Waals surface area contributed by atoms with Crippen molar-refractivity contribution in [1.29, 1.82) is 0 Å². The number of sulfonamides is 1. The zero-order valence-electron chi connectivity index (χ0n) is 11.8. The first-order valence-corrected chi connectivity index (χ1v) is 8.31. The molecule has 0 bridgehead atoms. The molecule has 0 aliphatic heterocycles. The first-order chi connectivity index (χ1) is 10.5. The fourth-order valence-corrected chi connectivity index (χ4v) is 3.29. The topological polar surface area (TPSA) is 83.5 Å². The predicted octanol–water partition coefficient (Wildman–Crippen LogP) is 2.05. The van der Waals surface area contributed by atoms with Gasteiger partial charge in [0, 0.05) is 0 Å². The summed E-state index contributed by atoms with van der Waals surface area (Å²) in [7, 11) is -3.84. The van der Waals surface area contributed by atoms with E-state index in [1.807, 2.05) is 30.3 Å². The molecular weight excluding hydrogens is 302 g/mol. The molecule has 2 rings (SSSR count). The van der Waals surface area contributed by atoms with E-state index in [0.717, 1.165) is 5.56 Å². The van der Waals surface area contributed by atoms with Gasteiger partial charge in [-0.25, -0.2) is 8.42 Å². The zero-order chi connectivity index (χ0) is 16.0. The number of rotatable bonds is 7. The Morgan fingerprint density at radius 2 is 1.55 bits per heavy atom. The molecule has 0 amide bonds. The highest BCUT2D eigenvalue weighted by Gasteiger charge is 2.24. The molecule has 2 N–H and O–H groups in total. The Labute approximate surface area is 129 Å². The molecule has 6 heteroatoms. The molecule has 116 valence electrons. The van der Waals surface area contributed by atoms with E-state index in [9.17, 15) is 18.3 Å². The predicted molar refractivity (Wildman–Crippen MR) is 83.0 cm³/mol. The molecule has 22 heavy (non-hydrogen) atoms. The maximum atomic E-state index is 12.2. The minimum Gasteiger partial charge on any atom is -0.480 e. The van der Waals surface area contributed by atoms with Crippen molar-refractivity contribution in [1.82, 2.24) is 4.72 Å². The van der Waals surface area contributed by atoms with E-state index in [0.29, 0.717) is 6.42 Å². The largest absolute Gasteiger partial charge is 0.480 e. The van der Waals surface area contributed by atoms with Crippen molar-refractivity contribution < 1.29 is 18.3 Å². The summed E-state index contributed by atoms with van der Waals surface area (Å²) in [6, 6.07) is 15.9. The molecule has 2 aromatic rings. The average Bonchev–Trinajstić information content (AvgIpc) is 2.53. The summed E-state index contributed by atoms with van der Waals surface area (Å²) in [5.41, 5.74) is 0.965. The number of hydrogen-bond donors (Lipinski definition) is 2. The Bertz CT molecular complexity index is 714. The molecule has 0 radical (unpaired) electrons. The van der Waals surface area contributed by atoms with Crippen LogP contribution < -0.4 is 4.72 Å². The lowest BCUT2D eigenvalue weighted by atomic mass is 10.1. The fraction of sp³-hybridized carbons (Fsp3) is 0.188. The van der Waals surface area contributed by atoms with Crippen molar-refractivity contribution in [3.8, 4) is 0 Å². The number of carboxylic acids is 1. The van der Waals surface area contributed by atoms with E-state index in [1.54, 1.807) is 18.2 Å². The molecule has 1 atom stereocenters. The van der Waals surface area contributed by atoms with Crippen LogP contribution in [-0.2, 0) is 21.2 Å². The minimum absolute atomic E-state index is 0.0564. The highest BCUT2D eigenvalue weighted by molar-refractivity contribution is 7.89. The van der Waals surface area contributed by atoms with E-state index in [2.05, 4.69) is 4.72 Å². The van der Waals surface area contributed by atoms with Gasteiger partial charge in [-0.05, 0) is 30.5 Å². The first kappa shape index (κ1) is 16.2. The Kier molecular flexibility index (Phi) is 5.30.